The number of halogens is 1. The lowest BCUT2D eigenvalue weighted by molar-refractivity contribution is 0.204. The van der Waals surface area contributed by atoms with Crippen molar-refractivity contribution in [2.24, 2.45) is 0 Å². The van der Waals surface area contributed by atoms with Gasteiger partial charge in [-0.25, -0.2) is 8.42 Å². The van der Waals surface area contributed by atoms with Gasteiger partial charge < -0.3 is 5.73 Å². The van der Waals surface area contributed by atoms with Gasteiger partial charge in [-0.1, -0.05) is 12.1 Å². The highest BCUT2D eigenvalue weighted by Gasteiger charge is 2.33. The molecule has 0 bridgehead atoms. The van der Waals surface area contributed by atoms with Crippen LogP contribution in [0.25, 0.3) is 0 Å². The first-order chi connectivity index (χ1) is 8.85. The molecule has 114 valence electrons. The summed E-state index contributed by atoms with van der Waals surface area (Å²) < 4.78 is 22.9. The fourth-order valence-electron chi connectivity index (χ4n) is 2.49. The lowest BCUT2D eigenvalue weighted by atomic mass is 10.1. The van der Waals surface area contributed by atoms with Crippen molar-refractivity contribution in [3.63, 3.8) is 0 Å². The third-order valence-corrected chi connectivity index (χ3v) is 4.53. The van der Waals surface area contributed by atoms with Crippen LogP contribution < -0.4 is 5.73 Å². The maximum atomic E-state index is 11.4. The van der Waals surface area contributed by atoms with Crippen molar-refractivity contribution in [3.05, 3.63) is 29.8 Å². The van der Waals surface area contributed by atoms with Crippen molar-refractivity contribution in [2.75, 3.05) is 17.7 Å². The molecule has 1 aliphatic rings. The van der Waals surface area contributed by atoms with Gasteiger partial charge in [-0.15, -0.1) is 12.4 Å². The number of anilines is 1. The van der Waals surface area contributed by atoms with E-state index in [9.17, 15) is 8.42 Å². The van der Waals surface area contributed by atoms with Crippen LogP contribution >= 0.6 is 12.4 Å². The third-order valence-electron chi connectivity index (χ3n) is 3.44. The van der Waals surface area contributed by atoms with Crippen LogP contribution in [0, 0.1) is 0 Å². The molecule has 20 heavy (non-hydrogen) atoms. The zero-order chi connectivity index (χ0) is 14.0. The summed E-state index contributed by atoms with van der Waals surface area (Å²) in [7, 11) is -2.94. The van der Waals surface area contributed by atoms with Crippen LogP contribution in [0.2, 0.25) is 0 Å². The summed E-state index contributed by atoms with van der Waals surface area (Å²) in [5.41, 5.74) is 7.69. The van der Waals surface area contributed by atoms with E-state index >= 15 is 0 Å². The number of benzene rings is 1. The Morgan fingerprint density at radius 3 is 2.55 bits per heavy atom. The van der Waals surface area contributed by atoms with Gasteiger partial charge in [0.05, 0.1) is 5.75 Å². The zero-order valence-corrected chi connectivity index (χ0v) is 13.6. The van der Waals surface area contributed by atoms with E-state index in [1.165, 1.54) is 6.26 Å². The molecule has 1 aromatic rings. The molecule has 0 aromatic heterocycles. The van der Waals surface area contributed by atoms with Gasteiger partial charge in [0.1, 0.15) is 9.84 Å². The Kier molecular flexibility index (Phi) is 5.86. The van der Waals surface area contributed by atoms with E-state index in [1.807, 2.05) is 31.2 Å². The fraction of sp³-hybridized carbons (Fsp3) is 0.571. The first-order valence-electron chi connectivity index (χ1n) is 6.63. The van der Waals surface area contributed by atoms with Crippen LogP contribution in [0.4, 0.5) is 5.69 Å². The summed E-state index contributed by atoms with van der Waals surface area (Å²) in [4.78, 5) is 2.29. The highest BCUT2D eigenvalue weighted by atomic mass is 35.5. The topological polar surface area (TPSA) is 63.4 Å². The van der Waals surface area contributed by atoms with Crippen molar-refractivity contribution in [1.29, 1.82) is 0 Å². The van der Waals surface area contributed by atoms with Gasteiger partial charge in [0.25, 0.3) is 0 Å². The third kappa shape index (κ3) is 5.31. The highest BCUT2D eigenvalue weighted by Crippen LogP contribution is 2.30. The van der Waals surface area contributed by atoms with Crippen molar-refractivity contribution in [1.82, 2.24) is 4.90 Å². The fourth-order valence-corrected chi connectivity index (χ4v) is 3.55. The monoisotopic (exact) mass is 318 g/mol. The molecule has 0 saturated heterocycles. The number of sulfone groups is 1. The average Bonchev–Trinajstić information content (AvgIpc) is 3.07. The minimum Gasteiger partial charge on any atom is -0.399 e. The molecule has 1 fully saturated rings. The normalized spacial score (nSPS) is 16.8. The lowest BCUT2D eigenvalue weighted by Gasteiger charge is -2.28. The van der Waals surface area contributed by atoms with Gasteiger partial charge in [0.15, 0.2) is 0 Å². The van der Waals surface area contributed by atoms with Crippen molar-refractivity contribution >= 4 is 27.9 Å². The van der Waals surface area contributed by atoms with Gasteiger partial charge in [0, 0.05) is 30.6 Å². The summed E-state index contributed by atoms with van der Waals surface area (Å²) in [5.74, 6) is 0.214. The maximum absolute atomic E-state index is 11.4. The van der Waals surface area contributed by atoms with E-state index in [0.29, 0.717) is 6.04 Å². The predicted molar refractivity (Wildman–Crippen MR) is 85.8 cm³/mol. The van der Waals surface area contributed by atoms with Crippen LogP contribution in [-0.4, -0.2) is 37.4 Å². The Labute approximate surface area is 127 Å². The largest absolute Gasteiger partial charge is 0.399 e. The Morgan fingerprint density at radius 1 is 1.40 bits per heavy atom. The second-order valence-corrected chi connectivity index (χ2v) is 7.77. The molecule has 6 heteroatoms. The molecule has 0 radical (unpaired) electrons. The van der Waals surface area contributed by atoms with Gasteiger partial charge in [-0.05, 0) is 37.5 Å². The SMILES string of the molecule is CC(CS(C)(=O)=O)N(Cc1cccc(N)c1)C1CC1.Cl. The van der Waals surface area contributed by atoms with Gasteiger partial charge in [-0.3, -0.25) is 4.90 Å². The van der Waals surface area contributed by atoms with Gasteiger partial charge in [-0.2, -0.15) is 0 Å². The minimum atomic E-state index is -2.94. The number of hydrogen-bond donors (Lipinski definition) is 1. The molecular formula is C14H23ClN2O2S. The molecule has 0 aliphatic heterocycles. The van der Waals surface area contributed by atoms with Gasteiger partial charge in [0.2, 0.25) is 0 Å². The molecule has 2 N–H and O–H groups in total. The zero-order valence-electron chi connectivity index (χ0n) is 12.0. The molecule has 4 nitrogen and oxygen atoms in total. The number of hydrogen-bond acceptors (Lipinski definition) is 4. The smallest absolute Gasteiger partial charge is 0.148 e. The number of nitrogen functional groups attached to an aromatic ring is 1. The van der Waals surface area contributed by atoms with E-state index in [1.54, 1.807) is 0 Å². The maximum Gasteiger partial charge on any atom is 0.148 e. The second kappa shape index (κ2) is 6.78. The van der Waals surface area contributed by atoms with Gasteiger partial charge >= 0.3 is 0 Å². The quantitative estimate of drug-likeness (QED) is 0.816. The molecule has 0 spiro atoms. The summed E-state index contributed by atoms with van der Waals surface area (Å²) in [6.45, 7) is 2.76. The molecule has 0 heterocycles. The Morgan fingerprint density at radius 2 is 2.05 bits per heavy atom. The summed E-state index contributed by atoms with van der Waals surface area (Å²) in [6.07, 6.45) is 3.63. The first-order valence-corrected chi connectivity index (χ1v) is 8.69. The average molecular weight is 319 g/mol. The van der Waals surface area contributed by atoms with E-state index in [0.717, 1.165) is 30.6 Å². The minimum absolute atomic E-state index is 0. The van der Waals surface area contributed by atoms with Crippen LogP contribution in [0.1, 0.15) is 25.3 Å². The molecule has 1 saturated carbocycles. The molecule has 1 unspecified atom stereocenters. The molecule has 2 rings (SSSR count). The summed E-state index contributed by atoms with van der Waals surface area (Å²) in [5, 5.41) is 0. The Bertz CT molecular complexity index is 544. The number of rotatable bonds is 6. The van der Waals surface area contributed by atoms with Crippen LogP contribution in [-0.2, 0) is 16.4 Å². The van der Waals surface area contributed by atoms with Crippen molar-refractivity contribution in [3.8, 4) is 0 Å². The lowest BCUT2D eigenvalue weighted by Crippen LogP contribution is -2.39. The van der Waals surface area contributed by atoms with E-state index < -0.39 is 9.84 Å². The van der Waals surface area contributed by atoms with Crippen LogP contribution in [0.15, 0.2) is 24.3 Å². The molecule has 0 amide bonds. The summed E-state index contributed by atoms with van der Waals surface area (Å²) >= 11 is 0. The molecular weight excluding hydrogens is 296 g/mol. The standard InChI is InChI=1S/C14H22N2O2S.ClH/c1-11(10-19(2,17)18)16(14-6-7-14)9-12-4-3-5-13(15)8-12;/h3-5,8,11,14H,6-7,9-10,15H2,1-2H3;1H. The van der Waals surface area contributed by atoms with E-state index in [4.69, 9.17) is 5.73 Å². The predicted octanol–water partition coefficient (Wildman–Crippen LogP) is 2.09. The number of nitrogens with zero attached hydrogens (tertiary/aromatic N) is 1. The van der Waals surface area contributed by atoms with Crippen LogP contribution in [0.5, 0.6) is 0 Å². The molecule has 1 atom stereocenters. The second-order valence-electron chi connectivity index (χ2n) is 5.59. The molecule has 1 aromatic carbocycles. The first kappa shape index (κ1) is 17.3. The Hall–Kier alpha value is -0.780. The van der Waals surface area contributed by atoms with Crippen LogP contribution in [0.3, 0.4) is 0 Å². The Balaban J connectivity index is 0.00000200. The van der Waals surface area contributed by atoms with E-state index in [2.05, 4.69) is 4.90 Å². The number of nitrogens with two attached hydrogens (primary N) is 1. The molecule has 1 aliphatic carbocycles. The van der Waals surface area contributed by atoms with E-state index in [-0.39, 0.29) is 24.2 Å². The highest BCUT2D eigenvalue weighted by molar-refractivity contribution is 7.90. The van der Waals surface area contributed by atoms with Crippen molar-refractivity contribution < 1.29 is 8.42 Å². The summed E-state index contributed by atoms with van der Waals surface area (Å²) in [6, 6.07) is 8.38. The van der Waals surface area contributed by atoms with Crippen molar-refractivity contribution in [2.45, 2.75) is 38.4 Å².